The zero-order chi connectivity index (χ0) is 13.8. The van der Waals surface area contributed by atoms with E-state index in [0.717, 1.165) is 32.1 Å². The quantitative estimate of drug-likeness (QED) is 0.844. The first-order valence-corrected chi connectivity index (χ1v) is 7.91. The van der Waals surface area contributed by atoms with E-state index < -0.39 is 0 Å². The summed E-state index contributed by atoms with van der Waals surface area (Å²) in [4.78, 5) is 9.60. The Kier molecular flexibility index (Phi) is 4.53. The fraction of sp³-hybridized carbons (Fsp3) is 0.688. The van der Waals surface area contributed by atoms with Gasteiger partial charge in [0.25, 0.3) is 0 Å². The summed E-state index contributed by atoms with van der Waals surface area (Å²) < 4.78 is 5.39. The molecule has 4 nitrogen and oxygen atoms in total. The second-order valence-corrected chi connectivity index (χ2v) is 5.74. The SMILES string of the molecule is CCCN1CCC[C@H]1c1ccc(N2CCOCC2)nc1. The highest BCUT2D eigenvalue weighted by Gasteiger charge is 2.25. The maximum absolute atomic E-state index is 5.39. The van der Waals surface area contributed by atoms with Crippen molar-refractivity contribution >= 4 is 5.82 Å². The van der Waals surface area contributed by atoms with Gasteiger partial charge in [-0.3, -0.25) is 4.90 Å². The molecule has 20 heavy (non-hydrogen) atoms. The van der Waals surface area contributed by atoms with Gasteiger partial charge in [0.15, 0.2) is 0 Å². The summed E-state index contributed by atoms with van der Waals surface area (Å²) in [5.74, 6) is 1.09. The van der Waals surface area contributed by atoms with Crippen LogP contribution in [0.2, 0.25) is 0 Å². The van der Waals surface area contributed by atoms with Gasteiger partial charge in [0.1, 0.15) is 5.82 Å². The number of rotatable bonds is 4. The number of anilines is 1. The van der Waals surface area contributed by atoms with E-state index in [1.807, 2.05) is 0 Å². The van der Waals surface area contributed by atoms with Crippen LogP contribution in [0.1, 0.15) is 37.8 Å². The van der Waals surface area contributed by atoms with Crippen molar-refractivity contribution < 1.29 is 4.74 Å². The Morgan fingerprint density at radius 2 is 2.10 bits per heavy atom. The Balaban J connectivity index is 1.69. The van der Waals surface area contributed by atoms with Crippen LogP contribution in [0.15, 0.2) is 18.3 Å². The Labute approximate surface area is 121 Å². The van der Waals surface area contributed by atoms with Gasteiger partial charge in [-0.1, -0.05) is 13.0 Å². The van der Waals surface area contributed by atoms with E-state index >= 15 is 0 Å². The fourth-order valence-electron chi connectivity index (χ4n) is 3.33. The van der Waals surface area contributed by atoms with Crippen molar-refractivity contribution in [3.63, 3.8) is 0 Å². The third kappa shape index (κ3) is 2.96. The van der Waals surface area contributed by atoms with Crippen molar-refractivity contribution in [2.45, 2.75) is 32.2 Å². The molecule has 2 aliphatic rings. The predicted molar refractivity (Wildman–Crippen MR) is 81.1 cm³/mol. The molecule has 0 N–H and O–H groups in total. The molecule has 1 aromatic heterocycles. The van der Waals surface area contributed by atoms with E-state index in [4.69, 9.17) is 4.74 Å². The summed E-state index contributed by atoms with van der Waals surface area (Å²) >= 11 is 0. The van der Waals surface area contributed by atoms with Crippen molar-refractivity contribution in [1.29, 1.82) is 0 Å². The van der Waals surface area contributed by atoms with Crippen molar-refractivity contribution in [2.75, 3.05) is 44.3 Å². The minimum absolute atomic E-state index is 0.584. The number of hydrogen-bond donors (Lipinski definition) is 0. The van der Waals surface area contributed by atoms with Gasteiger partial charge in [0, 0.05) is 25.3 Å². The van der Waals surface area contributed by atoms with E-state index in [2.05, 4.69) is 40.0 Å². The smallest absolute Gasteiger partial charge is 0.128 e. The lowest BCUT2D eigenvalue weighted by molar-refractivity contribution is 0.122. The normalized spacial score (nSPS) is 24.2. The van der Waals surface area contributed by atoms with Crippen LogP contribution < -0.4 is 4.90 Å². The number of hydrogen-bond acceptors (Lipinski definition) is 4. The maximum atomic E-state index is 5.39. The van der Waals surface area contributed by atoms with Crippen molar-refractivity contribution in [3.8, 4) is 0 Å². The minimum atomic E-state index is 0.584. The fourth-order valence-corrected chi connectivity index (χ4v) is 3.33. The summed E-state index contributed by atoms with van der Waals surface area (Å²) in [6.07, 6.45) is 5.91. The molecule has 3 heterocycles. The first-order chi connectivity index (χ1) is 9.88. The van der Waals surface area contributed by atoms with E-state index in [9.17, 15) is 0 Å². The number of aromatic nitrogens is 1. The number of ether oxygens (including phenoxy) is 1. The molecule has 0 radical (unpaired) electrons. The lowest BCUT2D eigenvalue weighted by atomic mass is 10.1. The van der Waals surface area contributed by atoms with Crippen LogP contribution in [-0.4, -0.2) is 49.3 Å². The third-order valence-corrected chi connectivity index (χ3v) is 4.37. The van der Waals surface area contributed by atoms with Gasteiger partial charge in [-0.25, -0.2) is 4.98 Å². The number of nitrogens with zero attached hydrogens (tertiary/aromatic N) is 3. The maximum Gasteiger partial charge on any atom is 0.128 e. The van der Waals surface area contributed by atoms with Gasteiger partial charge >= 0.3 is 0 Å². The van der Waals surface area contributed by atoms with Gasteiger partial charge in [0.05, 0.1) is 13.2 Å². The summed E-state index contributed by atoms with van der Waals surface area (Å²) in [6.45, 7) is 8.25. The van der Waals surface area contributed by atoms with Crippen LogP contribution in [0, 0.1) is 0 Å². The van der Waals surface area contributed by atoms with Crippen LogP contribution in [-0.2, 0) is 4.74 Å². The number of morpholine rings is 1. The second-order valence-electron chi connectivity index (χ2n) is 5.74. The van der Waals surface area contributed by atoms with Crippen LogP contribution in [0.3, 0.4) is 0 Å². The molecule has 0 aliphatic carbocycles. The van der Waals surface area contributed by atoms with E-state index in [1.54, 1.807) is 0 Å². The lowest BCUT2D eigenvalue weighted by Crippen LogP contribution is -2.36. The molecule has 0 bridgehead atoms. The number of pyridine rings is 1. The zero-order valence-electron chi connectivity index (χ0n) is 12.4. The highest BCUT2D eigenvalue weighted by atomic mass is 16.5. The molecule has 1 atom stereocenters. The van der Waals surface area contributed by atoms with E-state index in [0.29, 0.717) is 6.04 Å². The summed E-state index contributed by atoms with van der Waals surface area (Å²) in [7, 11) is 0. The first kappa shape index (κ1) is 13.8. The van der Waals surface area contributed by atoms with Crippen molar-refractivity contribution in [1.82, 2.24) is 9.88 Å². The second kappa shape index (κ2) is 6.55. The van der Waals surface area contributed by atoms with E-state index in [-0.39, 0.29) is 0 Å². The molecule has 0 unspecified atom stereocenters. The lowest BCUT2D eigenvalue weighted by Gasteiger charge is -2.28. The molecule has 2 fully saturated rings. The molecule has 0 amide bonds. The first-order valence-electron chi connectivity index (χ1n) is 7.91. The number of likely N-dealkylation sites (tertiary alicyclic amines) is 1. The highest BCUT2D eigenvalue weighted by molar-refractivity contribution is 5.40. The van der Waals surface area contributed by atoms with Crippen molar-refractivity contribution in [2.24, 2.45) is 0 Å². The molecule has 1 aromatic rings. The summed E-state index contributed by atoms with van der Waals surface area (Å²) in [6, 6.07) is 5.04. The van der Waals surface area contributed by atoms with Crippen LogP contribution in [0.4, 0.5) is 5.82 Å². The van der Waals surface area contributed by atoms with Crippen LogP contribution in [0.25, 0.3) is 0 Å². The molecular formula is C16H25N3O. The monoisotopic (exact) mass is 275 g/mol. The molecule has 0 aromatic carbocycles. The third-order valence-electron chi connectivity index (χ3n) is 4.37. The molecule has 4 heteroatoms. The van der Waals surface area contributed by atoms with Gasteiger partial charge in [-0.15, -0.1) is 0 Å². The summed E-state index contributed by atoms with van der Waals surface area (Å²) in [5.41, 5.74) is 1.38. The Bertz CT molecular complexity index is 414. The molecular weight excluding hydrogens is 250 g/mol. The van der Waals surface area contributed by atoms with Gasteiger partial charge in [-0.05, 0) is 44.0 Å². The molecule has 110 valence electrons. The standard InChI is InChI=1S/C16H25N3O/c1-2-7-18-8-3-4-15(18)14-5-6-16(17-13-14)19-9-11-20-12-10-19/h5-6,13,15H,2-4,7-12H2,1H3/t15-/m0/s1. The molecule has 2 saturated heterocycles. The molecule has 2 aliphatic heterocycles. The Hall–Kier alpha value is -1.13. The van der Waals surface area contributed by atoms with Crippen molar-refractivity contribution in [3.05, 3.63) is 23.9 Å². The zero-order valence-corrected chi connectivity index (χ0v) is 12.4. The molecule has 0 saturated carbocycles. The van der Waals surface area contributed by atoms with Crippen LogP contribution >= 0.6 is 0 Å². The van der Waals surface area contributed by atoms with Crippen LogP contribution in [0.5, 0.6) is 0 Å². The Morgan fingerprint density at radius 1 is 1.25 bits per heavy atom. The van der Waals surface area contributed by atoms with E-state index in [1.165, 1.54) is 37.9 Å². The Morgan fingerprint density at radius 3 is 2.80 bits per heavy atom. The molecule has 3 rings (SSSR count). The van der Waals surface area contributed by atoms with Gasteiger partial charge in [0.2, 0.25) is 0 Å². The topological polar surface area (TPSA) is 28.6 Å². The largest absolute Gasteiger partial charge is 0.378 e. The highest BCUT2D eigenvalue weighted by Crippen LogP contribution is 2.32. The minimum Gasteiger partial charge on any atom is -0.378 e. The average molecular weight is 275 g/mol. The molecule has 0 spiro atoms. The van der Waals surface area contributed by atoms with Gasteiger partial charge < -0.3 is 9.64 Å². The van der Waals surface area contributed by atoms with Gasteiger partial charge in [-0.2, -0.15) is 0 Å². The predicted octanol–water partition coefficient (Wildman–Crippen LogP) is 2.47. The average Bonchev–Trinajstić information content (AvgIpc) is 2.97. The summed E-state index contributed by atoms with van der Waals surface area (Å²) in [5, 5.41) is 0.